The monoisotopic (exact) mass is 530 g/mol. The lowest BCUT2D eigenvalue weighted by Gasteiger charge is -2.23. The number of aromatic nitrogens is 3. The van der Waals surface area contributed by atoms with Crippen molar-refractivity contribution in [2.75, 3.05) is 0 Å². The van der Waals surface area contributed by atoms with Crippen LogP contribution in [-0.4, -0.2) is 27.5 Å². The number of hydrogen-bond acceptors (Lipinski definition) is 4. The lowest BCUT2D eigenvalue weighted by atomic mass is 10.2. The van der Waals surface area contributed by atoms with Gasteiger partial charge in [0.15, 0.2) is 10.6 Å². The molecule has 0 bridgehead atoms. The van der Waals surface area contributed by atoms with E-state index in [4.69, 9.17) is 12.2 Å². The summed E-state index contributed by atoms with van der Waals surface area (Å²) in [4.78, 5) is 0.172. The largest absolute Gasteiger partial charge is 0.268 e. The van der Waals surface area contributed by atoms with Crippen LogP contribution in [-0.2, 0) is 23.1 Å². The molecule has 0 aliphatic carbocycles. The van der Waals surface area contributed by atoms with E-state index in [2.05, 4.69) is 10.2 Å². The summed E-state index contributed by atoms with van der Waals surface area (Å²) in [6.45, 7) is 0.478. The second kappa shape index (κ2) is 10.6. The lowest BCUT2D eigenvalue weighted by molar-refractivity contribution is 0.401. The molecule has 0 radical (unpaired) electrons. The zero-order chi connectivity index (χ0) is 25.8. The molecule has 0 saturated heterocycles. The number of benzene rings is 4. The molecule has 0 aliphatic rings. The standard InChI is InChI=1S/C28H23FN4O2S2/c29-24-13-15-25(16-14-24)33-27(30-31-28(33)36)23-11-17-26(18-12-23)37(34,35)32(19-21-7-3-1-4-8-21)20-22-9-5-2-6-10-22/h1-18H,19-20H2,(H,31,36). The van der Waals surface area contributed by atoms with Gasteiger partial charge in [-0.25, -0.2) is 12.8 Å². The first-order chi connectivity index (χ1) is 17.9. The number of nitrogens with one attached hydrogen (secondary N) is 1. The van der Waals surface area contributed by atoms with Gasteiger partial charge in [-0.15, -0.1) is 0 Å². The number of nitrogens with zero attached hydrogens (tertiary/aromatic N) is 3. The van der Waals surface area contributed by atoms with Gasteiger partial charge in [0.25, 0.3) is 0 Å². The number of hydrogen-bond donors (Lipinski definition) is 1. The maximum absolute atomic E-state index is 13.8. The Bertz CT molecular complexity index is 1610. The number of H-pyrrole nitrogens is 1. The molecule has 0 aliphatic heterocycles. The smallest absolute Gasteiger partial charge is 0.243 e. The van der Waals surface area contributed by atoms with E-state index in [1.807, 2.05) is 60.7 Å². The molecule has 0 unspecified atom stereocenters. The quantitative estimate of drug-likeness (QED) is 0.245. The van der Waals surface area contributed by atoms with Crippen LogP contribution in [0.5, 0.6) is 0 Å². The minimum absolute atomic E-state index is 0.172. The van der Waals surface area contributed by atoms with Gasteiger partial charge in [-0.3, -0.25) is 9.67 Å². The zero-order valence-electron chi connectivity index (χ0n) is 19.7. The molecule has 0 saturated carbocycles. The first kappa shape index (κ1) is 24.8. The second-order valence-corrected chi connectivity index (χ2v) is 10.8. The second-order valence-electron chi connectivity index (χ2n) is 8.43. The van der Waals surface area contributed by atoms with Crippen LogP contribution < -0.4 is 0 Å². The predicted molar refractivity (Wildman–Crippen MR) is 143 cm³/mol. The summed E-state index contributed by atoms with van der Waals surface area (Å²) in [5, 5.41) is 7.08. The number of aromatic amines is 1. The van der Waals surface area contributed by atoms with Crippen molar-refractivity contribution in [1.82, 2.24) is 19.1 Å². The Hall–Kier alpha value is -3.92. The van der Waals surface area contributed by atoms with Crippen molar-refractivity contribution in [1.29, 1.82) is 0 Å². The van der Waals surface area contributed by atoms with E-state index < -0.39 is 10.0 Å². The Morgan fingerprint density at radius 1 is 0.784 bits per heavy atom. The molecule has 4 aromatic carbocycles. The molecule has 1 aromatic heterocycles. The van der Waals surface area contributed by atoms with Gasteiger partial charge >= 0.3 is 0 Å². The molecule has 1 N–H and O–H groups in total. The maximum Gasteiger partial charge on any atom is 0.243 e. The summed E-state index contributed by atoms with van der Waals surface area (Å²) >= 11 is 5.38. The third kappa shape index (κ3) is 5.43. The highest BCUT2D eigenvalue weighted by atomic mass is 32.2. The lowest BCUT2D eigenvalue weighted by Crippen LogP contribution is -2.30. The van der Waals surface area contributed by atoms with E-state index in [1.165, 1.54) is 16.4 Å². The highest BCUT2D eigenvalue weighted by molar-refractivity contribution is 7.89. The molecular weight excluding hydrogens is 507 g/mol. The average Bonchev–Trinajstić information content (AvgIpc) is 3.31. The minimum atomic E-state index is -3.82. The first-order valence-electron chi connectivity index (χ1n) is 11.5. The number of sulfonamides is 1. The van der Waals surface area contributed by atoms with E-state index in [1.54, 1.807) is 41.0 Å². The van der Waals surface area contributed by atoms with E-state index in [0.29, 0.717) is 21.8 Å². The summed E-state index contributed by atoms with van der Waals surface area (Å²) in [5.74, 6) is 0.136. The van der Waals surface area contributed by atoms with Crippen LogP contribution in [0.1, 0.15) is 11.1 Å². The predicted octanol–water partition coefficient (Wildman–Crippen LogP) is 6.13. The first-order valence-corrected chi connectivity index (χ1v) is 13.4. The SMILES string of the molecule is O=S(=O)(c1ccc(-c2n[nH]c(=S)n2-c2ccc(F)cc2)cc1)N(Cc1ccccc1)Cc1ccccc1. The van der Waals surface area contributed by atoms with Crippen molar-refractivity contribution in [2.45, 2.75) is 18.0 Å². The molecule has 5 rings (SSSR count). The Morgan fingerprint density at radius 3 is 1.86 bits per heavy atom. The normalized spacial score (nSPS) is 11.6. The van der Waals surface area contributed by atoms with Crippen molar-refractivity contribution in [2.24, 2.45) is 0 Å². The molecule has 1 heterocycles. The van der Waals surface area contributed by atoms with Crippen molar-refractivity contribution in [3.8, 4) is 17.1 Å². The Morgan fingerprint density at radius 2 is 1.32 bits per heavy atom. The minimum Gasteiger partial charge on any atom is -0.268 e. The average molecular weight is 531 g/mol. The van der Waals surface area contributed by atoms with Gasteiger partial charge in [-0.1, -0.05) is 60.7 Å². The van der Waals surface area contributed by atoms with E-state index in [0.717, 1.165) is 11.1 Å². The topological polar surface area (TPSA) is 71.0 Å². The highest BCUT2D eigenvalue weighted by Crippen LogP contribution is 2.26. The van der Waals surface area contributed by atoms with E-state index in [9.17, 15) is 12.8 Å². The summed E-state index contributed by atoms with van der Waals surface area (Å²) < 4.78 is 44.4. The summed E-state index contributed by atoms with van der Waals surface area (Å²) in [6, 6.07) is 31.5. The van der Waals surface area contributed by atoms with Crippen molar-refractivity contribution in [3.05, 3.63) is 131 Å². The van der Waals surface area contributed by atoms with Crippen LogP contribution in [0.4, 0.5) is 4.39 Å². The van der Waals surface area contributed by atoms with Gasteiger partial charge < -0.3 is 0 Å². The van der Waals surface area contributed by atoms with Gasteiger partial charge in [0, 0.05) is 18.7 Å². The third-order valence-electron chi connectivity index (χ3n) is 5.91. The number of rotatable bonds is 8. The van der Waals surface area contributed by atoms with Crippen LogP contribution in [0.3, 0.4) is 0 Å². The van der Waals surface area contributed by atoms with Crippen LogP contribution >= 0.6 is 12.2 Å². The molecule has 0 atom stereocenters. The van der Waals surface area contributed by atoms with Crippen LogP contribution in [0, 0.1) is 10.6 Å². The molecule has 6 nitrogen and oxygen atoms in total. The molecule has 0 spiro atoms. The van der Waals surface area contributed by atoms with Gasteiger partial charge in [-0.05, 0) is 71.9 Å². The van der Waals surface area contributed by atoms with Gasteiger partial charge in [0.1, 0.15) is 5.82 Å². The summed E-state index contributed by atoms with van der Waals surface area (Å²) in [6.07, 6.45) is 0. The zero-order valence-corrected chi connectivity index (χ0v) is 21.3. The summed E-state index contributed by atoms with van der Waals surface area (Å²) in [7, 11) is -3.82. The Labute approximate surface area is 219 Å². The maximum atomic E-state index is 13.8. The fourth-order valence-electron chi connectivity index (χ4n) is 4.05. The van der Waals surface area contributed by atoms with Crippen molar-refractivity contribution >= 4 is 22.2 Å². The van der Waals surface area contributed by atoms with Gasteiger partial charge in [-0.2, -0.15) is 9.40 Å². The molecule has 0 amide bonds. The third-order valence-corrected chi connectivity index (χ3v) is 7.99. The van der Waals surface area contributed by atoms with Crippen LogP contribution in [0.25, 0.3) is 17.1 Å². The highest BCUT2D eigenvalue weighted by Gasteiger charge is 2.25. The summed E-state index contributed by atoms with van der Waals surface area (Å²) in [5.41, 5.74) is 3.10. The van der Waals surface area contributed by atoms with Crippen LogP contribution in [0.15, 0.2) is 114 Å². The molecule has 186 valence electrons. The van der Waals surface area contributed by atoms with Crippen molar-refractivity contribution in [3.63, 3.8) is 0 Å². The Balaban J connectivity index is 1.48. The molecule has 9 heteroatoms. The Kier molecular flexibility index (Phi) is 7.09. The molecule has 5 aromatic rings. The van der Waals surface area contributed by atoms with E-state index >= 15 is 0 Å². The fraction of sp³-hybridized carbons (Fsp3) is 0.0714. The fourth-order valence-corrected chi connectivity index (χ4v) is 5.70. The molecule has 0 fully saturated rings. The molecular formula is C28H23FN4O2S2. The molecule has 37 heavy (non-hydrogen) atoms. The van der Waals surface area contributed by atoms with Gasteiger partial charge in [0.05, 0.1) is 10.6 Å². The number of halogens is 1. The van der Waals surface area contributed by atoms with Gasteiger partial charge in [0.2, 0.25) is 10.0 Å². The van der Waals surface area contributed by atoms with Crippen LogP contribution in [0.2, 0.25) is 0 Å². The van der Waals surface area contributed by atoms with E-state index in [-0.39, 0.29) is 23.8 Å². The van der Waals surface area contributed by atoms with Crippen molar-refractivity contribution < 1.29 is 12.8 Å².